The van der Waals surface area contributed by atoms with Crippen LogP contribution >= 0.6 is 0 Å². The lowest BCUT2D eigenvalue weighted by atomic mass is 10.0. The van der Waals surface area contributed by atoms with Gasteiger partial charge in [0.2, 0.25) is 0 Å². The van der Waals surface area contributed by atoms with Crippen LogP contribution in [0.15, 0.2) is 35.4 Å². The van der Waals surface area contributed by atoms with Crippen molar-refractivity contribution >= 4 is 11.8 Å². The van der Waals surface area contributed by atoms with Gasteiger partial charge in [-0.05, 0) is 43.5 Å². The van der Waals surface area contributed by atoms with Crippen molar-refractivity contribution in [2.45, 2.75) is 25.8 Å². The largest absolute Gasteiger partial charge is 0.477 e. The van der Waals surface area contributed by atoms with Gasteiger partial charge < -0.3 is 14.6 Å². The van der Waals surface area contributed by atoms with E-state index in [-0.39, 0.29) is 11.6 Å². The second-order valence-corrected chi connectivity index (χ2v) is 5.69. The maximum atomic E-state index is 12.4. The number of hydrogen-bond acceptors (Lipinski definition) is 5. The molecule has 120 valence electrons. The number of carboxylic acid groups (broad SMARTS) is 1. The highest BCUT2D eigenvalue weighted by atomic mass is 16.4. The van der Waals surface area contributed by atoms with Gasteiger partial charge in [0, 0.05) is 31.5 Å². The Morgan fingerprint density at radius 3 is 2.65 bits per heavy atom. The Bertz CT molecular complexity index is 765. The highest BCUT2D eigenvalue weighted by molar-refractivity contribution is 5.88. The van der Waals surface area contributed by atoms with Crippen LogP contribution in [0, 0.1) is 6.92 Å². The van der Waals surface area contributed by atoms with Gasteiger partial charge in [-0.3, -0.25) is 4.79 Å². The van der Waals surface area contributed by atoms with Crippen molar-refractivity contribution in [1.82, 2.24) is 14.8 Å². The zero-order chi connectivity index (χ0) is 16.4. The predicted molar refractivity (Wildman–Crippen MR) is 84.9 cm³/mol. The van der Waals surface area contributed by atoms with E-state index < -0.39 is 11.5 Å². The zero-order valence-corrected chi connectivity index (χ0v) is 12.8. The van der Waals surface area contributed by atoms with Gasteiger partial charge >= 0.3 is 5.97 Å². The standard InChI is InChI=1S/C16H18N4O3/c1-11-4-10-20(15(21)14(11)16(22)23)12-5-8-19(9-6-12)13-3-2-7-17-18-13/h2-4,7,10,12H,5-6,8-9H2,1H3,(H,22,23). The normalized spacial score (nSPS) is 15.6. The number of nitrogens with zero attached hydrogens (tertiary/aromatic N) is 4. The predicted octanol–water partition coefficient (Wildman–Crippen LogP) is 1.49. The second kappa shape index (κ2) is 6.20. The van der Waals surface area contributed by atoms with E-state index in [0.29, 0.717) is 5.56 Å². The van der Waals surface area contributed by atoms with E-state index in [9.17, 15) is 14.7 Å². The summed E-state index contributed by atoms with van der Waals surface area (Å²) in [5, 5.41) is 17.2. The molecule has 1 saturated heterocycles. The Labute approximate surface area is 133 Å². The topological polar surface area (TPSA) is 88.3 Å². The molecule has 3 heterocycles. The smallest absolute Gasteiger partial charge is 0.341 e. The minimum absolute atomic E-state index is 0.00845. The van der Waals surface area contributed by atoms with Crippen molar-refractivity contribution in [3.63, 3.8) is 0 Å². The monoisotopic (exact) mass is 314 g/mol. The van der Waals surface area contributed by atoms with E-state index in [1.54, 1.807) is 30.0 Å². The fraction of sp³-hybridized carbons (Fsp3) is 0.375. The summed E-state index contributed by atoms with van der Waals surface area (Å²) < 4.78 is 1.56. The molecule has 7 heteroatoms. The summed E-state index contributed by atoms with van der Waals surface area (Å²) in [5.74, 6) is -0.340. The number of aromatic nitrogens is 3. The highest BCUT2D eigenvalue weighted by Gasteiger charge is 2.24. The summed E-state index contributed by atoms with van der Waals surface area (Å²) in [5.41, 5.74) is -0.0601. The van der Waals surface area contributed by atoms with Crippen molar-refractivity contribution < 1.29 is 9.90 Å². The van der Waals surface area contributed by atoms with Crippen LogP contribution in [0.25, 0.3) is 0 Å². The molecule has 2 aromatic rings. The molecule has 0 aliphatic carbocycles. The first kappa shape index (κ1) is 15.2. The summed E-state index contributed by atoms with van der Waals surface area (Å²) >= 11 is 0. The number of hydrogen-bond donors (Lipinski definition) is 1. The molecular weight excluding hydrogens is 296 g/mol. The zero-order valence-electron chi connectivity index (χ0n) is 12.8. The molecule has 0 radical (unpaired) electrons. The number of pyridine rings is 1. The first-order valence-electron chi connectivity index (χ1n) is 7.55. The molecule has 3 rings (SSSR count). The third kappa shape index (κ3) is 2.94. The quantitative estimate of drug-likeness (QED) is 0.923. The van der Waals surface area contributed by atoms with E-state index >= 15 is 0 Å². The molecule has 0 aromatic carbocycles. The van der Waals surface area contributed by atoms with Crippen LogP contribution in [-0.4, -0.2) is 38.9 Å². The van der Waals surface area contributed by atoms with Crippen LogP contribution in [0.1, 0.15) is 34.8 Å². The molecule has 1 aliphatic heterocycles. The van der Waals surface area contributed by atoms with Gasteiger partial charge in [-0.2, -0.15) is 5.10 Å². The number of carbonyl (C=O) groups is 1. The van der Waals surface area contributed by atoms with Crippen LogP contribution in [0.5, 0.6) is 0 Å². The molecule has 0 spiro atoms. The summed E-state index contributed by atoms with van der Waals surface area (Å²) in [4.78, 5) is 25.8. The Kier molecular flexibility index (Phi) is 4.10. The van der Waals surface area contributed by atoms with E-state index in [1.807, 2.05) is 12.1 Å². The fourth-order valence-corrected chi connectivity index (χ4v) is 3.02. The molecule has 0 saturated carbocycles. The average molecular weight is 314 g/mol. The Morgan fingerprint density at radius 2 is 2.04 bits per heavy atom. The van der Waals surface area contributed by atoms with Crippen molar-refractivity contribution in [2.75, 3.05) is 18.0 Å². The molecule has 7 nitrogen and oxygen atoms in total. The van der Waals surface area contributed by atoms with E-state index in [1.165, 1.54) is 0 Å². The summed E-state index contributed by atoms with van der Waals surface area (Å²) in [7, 11) is 0. The molecule has 0 amide bonds. The molecule has 1 fully saturated rings. The van der Waals surface area contributed by atoms with Crippen molar-refractivity contribution in [3.8, 4) is 0 Å². The second-order valence-electron chi connectivity index (χ2n) is 5.69. The molecular formula is C16H18N4O3. The van der Waals surface area contributed by atoms with Gasteiger partial charge in [0.15, 0.2) is 5.82 Å². The molecule has 0 atom stereocenters. The van der Waals surface area contributed by atoms with Crippen LogP contribution in [0.3, 0.4) is 0 Å². The Balaban J connectivity index is 1.80. The van der Waals surface area contributed by atoms with Crippen LogP contribution in [-0.2, 0) is 0 Å². The lowest BCUT2D eigenvalue weighted by molar-refractivity contribution is 0.0693. The SMILES string of the molecule is Cc1ccn(C2CCN(c3cccnn3)CC2)c(=O)c1C(=O)O. The van der Waals surface area contributed by atoms with Crippen molar-refractivity contribution in [2.24, 2.45) is 0 Å². The number of aryl methyl sites for hydroxylation is 1. The first-order chi connectivity index (χ1) is 11.1. The minimum Gasteiger partial charge on any atom is -0.477 e. The first-order valence-corrected chi connectivity index (χ1v) is 7.55. The highest BCUT2D eigenvalue weighted by Crippen LogP contribution is 2.24. The van der Waals surface area contributed by atoms with Gasteiger partial charge in [-0.1, -0.05) is 0 Å². The van der Waals surface area contributed by atoms with E-state index in [4.69, 9.17) is 0 Å². The maximum absolute atomic E-state index is 12.4. The van der Waals surface area contributed by atoms with Gasteiger partial charge in [0.05, 0.1) is 0 Å². The third-order valence-corrected chi connectivity index (χ3v) is 4.28. The van der Waals surface area contributed by atoms with Gasteiger partial charge in [-0.15, -0.1) is 5.10 Å². The molecule has 1 N–H and O–H groups in total. The van der Waals surface area contributed by atoms with Crippen LogP contribution in [0.4, 0.5) is 5.82 Å². The summed E-state index contributed by atoms with van der Waals surface area (Å²) in [6.07, 6.45) is 4.86. The third-order valence-electron chi connectivity index (χ3n) is 4.28. The lowest BCUT2D eigenvalue weighted by Crippen LogP contribution is -2.39. The van der Waals surface area contributed by atoms with Gasteiger partial charge in [0.1, 0.15) is 5.56 Å². The molecule has 23 heavy (non-hydrogen) atoms. The maximum Gasteiger partial charge on any atom is 0.341 e. The molecule has 2 aromatic heterocycles. The van der Waals surface area contributed by atoms with Crippen LogP contribution < -0.4 is 10.5 Å². The number of rotatable bonds is 3. The van der Waals surface area contributed by atoms with E-state index in [0.717, 1.165) is 31.7 Å². The summed E-state index contributed by atoms with van der Waals surface area (Å²) in [6.45, 7) is 3.16. The fourth-order valence-electron chi connectivity index (χ4n) is 3.02. The van der Waals surface area contributed by atoms with Crippen molar-refractivity contribution in [3.05, 3.63) is 52.1 Å². The lowest BCUT2D eigenvalue weighted by Gasteiger charge is -2.33. The number of aromatic carboxylic acids is 1. The molecule has 0 unspecified atom stereocenters. The van der Waals surface area contributed by atoms with Crippen LogP contribution in [0.2, 0.25) is 0 Å². The summed E-state index contributed by atoms with van der Waals surface area (Å²) in [6, 6.07) is 5.46. The minimum atomic E-state index is -1.17. The Hall–Kier alpha value is -2.70. The van der Waals surface area contributed by atoms with E-state index in [2.05, 4.69) is 15.1 Å². The molecule has 1 aliphatic rings. The Morgan fingerprint density at radius 1 is 1.30 bits per heavy atom. The van der Waals surface area contributed by atoms with Gasteiger partial charge in [-0.25, -0.2) is 4.79 Å². The number of anilines is 1. The average Bonchev–Trinajstić information content (AvgIpc) is 2.56. The number of carboxylic acids is 1. The van der Waals surface area contributed by atoms with Crippen molar-refractivity contribution in [1.29, 1.82) is 0 Å². The molecule has 0 bridgehead atoms. The number of piperidine rings is 1. The van der Waals surface area contributed by atoms with Gasteiger partial charge in [0.25, 0.3) is 5.56 Å².